The number of carboxylic acid groups (broad SMARTS) is 2. The molecule has 0 radical (unpaired) electrons. The zero-order valence-corrected chi connectivity index (χ0v) is 17.1. The molecule has 0 fully saturated rings. The predicted molar refractivity (Wildman–Crippen MR) is 108 cm³/mol. The summed E-state index contributed by atoms with van der Waals surface area (Å²) < 4.78 is 10.2. The van der Waals surface area contributed by atoms with Crippen LogP contribution in [0.5, 0.6) is 11.5 Å². The Morgan fingerprint density at radius 3 is 2.55 bits per heavy atom. The number of fused-ring (bicyclic) bond motifs is 1. The third kappa shape index (κ3) is 6.13. The van der Waals surface area contributed by atoms with Crippen molar-refractivity contribution in [3.05, 3.63) is 39.3 Å². The molecule has 5 N–H and O–H groups in total. The number of nitrogens with zero attached hydrogens (tertiary/aromatic N) is 1. The summed E-state index contributed by atoms with van der Waals surface area (Å²) >= 11 is 1.31. The number of amides is 1. The van der Waals surface area contributed by atoms with Gasteiger partial charge in [-0.3, -0.25) is 4.79 Å². The summed E-state index contributed by atoms with van der Waals surface area (Å²) in [4.78, 5) is 39.3. The number of thiazole rings is 1. The second-order valence-electron chi connectivity index (χ2n) is 6.61. The second-order valence-corrected chi connectivity index (χ2v) is 7.70. The number of rotatable bonds is 10. The number of ether oxygens (including phenoxy) is 2. The molecule has 1 aromatic heterocycles. The highest BCUT2D eigenvalue weighted by molar-refractivity contribution is 7.13. The van der Waals surface area contributed by atoms with Crippen LogP contribution in [-0.2, 0) is 22.6 Å². The summed E-state index contributed by atoms with van der Waals surface area (Å²) in [7, 11) is 0. The fourth-order valence-electron chi connectivity index (χ4n) is 2.85. The standard InChI is InChI=1S/C19H21N3O8S/c23-12(6-21-18(28)19-22-11-3-4-20-7-15(11)31-19)10-1-2-13(29-8-16(24)25)14(5-10)30-9-17(26)27/h1-2,5,12,20,23H,3-4,6-9H2,(H,21,28)(H,24,25)(H,26,27). The molecule has 31 heavy (non-hydrogen) atoms. The second kappa shape index (κ2) is 10.2. The van der Waals surface area contributed by atoms with Gasteiger partial charge >= 0.3 is 11.9 Å². The smallest absolute Gasteiger partial charge is 0.341 e. The van der Waals surface area contributed by atoms with E-state index in [9.17, 15) is 19.5 Å². The maximum Gasteiger partial charge on any atom is 0.341 e. The van der Waals surface area contributed by atoms with Crippen molar-refractivity contribution in [1.82, 2.24) is 15.6 Å². The van der Waals surface area contributed by atoms with Gasteiger partial charge in [-0.2, -0.15) is 0 Å². The molecule has 1 amide bonds. The molecule has 0 aliphatic carbocycles. The van der Waals surface area contributed by atoms with Gasteiger partial charge in [-0.25, -0.2) is 14.6 Å². The summed E-state index contributed by atoms with van der Waals surface area (Å²) in [6.45, 7) is 0.0559. The molecule has 1 atom stereocenters. The minimum atomic E-state index is -1.23. The van der Waals surface area contributed by atoms with Crippen LogP contribution in [-0.4, -0.2) is 64.5 Å². The summed E-state index contributed by atoms with van der Waals surface area (Å²) in [6.07, 6.45) is -0.363. The lowest BCUT2D eigenvalue weighted by molar-refractivity contribution is -0.140. The highest BCUT2D eigenvalue weighted by Crippen LogP contribution is 2.31. The molecule has 3 rings (SSSR count). The molecular formula is C19H21N3O8S. The average molecular weight is 451 g/mol. The number of hydrogen-bond donors (Lipinski definition) is 5. The maximum atomic E-state index is 12.4. The molecule has 2 aromatic rings. The van der Waals surface area contributed by atoms with E-state index in [4.69, 9.17) is 19.7 Å². The number of aliphatic hydroxyl groups is 1. The molecule has 0 saturated carbocycles. The van der Waals surface area contributed by atoms with E-state index in [1.807, 2.05) is 0 Å². The van der Waals surface area contributed by atoms with Gasteiger partial charge in [-0.1, -0.05) is 6.07 Å². The van der Waals surface area contributed by atoms with Crippen molar-refractivity contribution in [1.29, 1.82) is 0 Å². The number of carbonyl (C=O) groups excluding carboxylic acids is 1. The Morgan fingerprint density at radius 1 is 1.16 bits per heavy atom. The molecule has 2 heterocycles. The van der Waals surface area contributed by atoms with Crippen LogP contribution < -0.4 is 20.1 Å². The Balaban J connectivity index is 1.65. The zero-order chi connectivity index (χ0) is 22.4. The van der Waals surface area contributed by atoms with Crippen molar-refractivity contribution < 1.29 is 39.2 Å². The van der Waals surface area contributed by atoms with E-state index < -0.39 is 37.2 Å². The number of carbonyl (C=O) groups is 3. The maximum absolute atomic E-state index is 12.4. The minimum absolute atomic E-state index is 0.0191. The number of benzene rings is 1. The normalized spacial score (nSPS) is 13.7. The quantitative estimate of drug-likeness (QED) is 0.336. The first-order chi connectivity index (χ1) is 14.8. The van der Waals surface area contributed by atoms with Crippen LogP contribution in [0.3, 0.4) is 0 Å². The van der Waals surface area contributed by atoms with Gasteiger partial charge in [0.1, 0.15) is 0 Å². The lowest BCUT2D eigenvalue weighted by Crippen LogP contribution is -2.28. The summed E-state index contributed by atoms with van der Waals surface area (Å²) in [6, 6.07) is 4.17. The van der Waals surface area contributed by atoms with Crippen LogP contribution in [0.2, 0.25) is 0 Å². The first-order valence-electron chi connectivity index (χ1n) is 9.32. The lowest BCUT2D eigenvalue weighted by Gasteiger charge is -2.16. The number of aliphatic carboxylic acids is 2. The van der Waals surface area contributed by atoms with Crippen molar-refractivity contribution in [2.75, 3.05) is 26.3 Å². The van der Waals surface area contributed by atoms with Gasteiger partial charge in [-0.05, 0) is 17.7 Å². The molecule has 1 aromatic carbocycles. The van der Waals surface area contributed by atoms with Crippen LogP contribution in [0.25, 0.3) is 0 Å². The van der Waals surface area contributed by atoms with E-state index >= 15 is 0 Å². The lowest BCUT2D eigenvalue weighted by atomic mass is 10.1. The van der Waals surface area contributed by atoms with Gasteiger partial charge in [0, 0.05) is 30.9 Å². The highest BCUT2D eigenvalue weighted by atomic mass is 32.1. The van der Waals surface area contributed by atoms with E-state index in [1.165, 1.54) is 29.5 Å². The van der Waals surface area contributed by atoms with E-state index in [-0.39, 0.29) is 18.0 Å². The van der Waals surface area contributed by atoms with Gasteiger partial charge in [0.15, 0.2) is 29.7 Å². The van der Waals surface area contributed by atoms with E-state index in [1.54, 1.807) is 0 Å². The molecule has 0 bridgehead atoms. The molecule has 1 unspecified atom stereocenters. The molecule has 1 aliphatic rings. The van der Waals surface area contributed by atoms with E-state index in [0.29, 0.717) is 17.1 Å². The summed E-state index contributed by atoms with van der Waals surface area (Å²) in [5, 5.41) is 34.2. The Kier molecular flexibility index (Phi) is 7.39. The first kappa shape index (κ1) is 22.5. The Labute approximate surface area is 180 Å². The van der Waals surface area contributed by atoms with E-state index in [0.717, 1.165) is 23.5 Å². The number of carboxylic acids is 2. The van der Waals surface area contributed by atoms with Crippen LogP contribution in [0.15, 0.2) is 18.2 Å². The number of aromatic nitrogens is 1. The van der Waals surface area contributed by atoms with Crippen molar-refractivity contribution in [2.24, 2.45) is 0 Å². The highest BCUT2D eigenvalue weighted by Gasteiger charge is 2.20. The minimum Gasteiger partial charge on any atom is -0.479 e. The molecule has 0 spiro atoms. The Hall–Kier alpha value is -3.22. The van der Waals surface area contributed by atoms with Gasteiger partial charge in [0.05, 0.1) is 11.8 Å². The molecule has 0 saturated heterocycles. The third-order valence-corrected chi connectivity index (χ3v) is 5.40. The van der Waals surface area contributed by atoms with Crippen molar-refractivity contribution >= 4 is 29.2 Å². The number of hydrogen-bond acceptors (Lipinski definition) is 9. The third-order valence-electron chi connectivity index (χ3n) is 4.31. The Bertz CT molecular complexity index is 954. The summed E-state index contributed by atoms with van der Waals surface area (Å²) in [5.41, 5.74) is 1.23. The SMILES string of the molecule is O=C(O)COc1ccc(C(O)CNC(=O)c2nc3c(s2)CNCC3)cc1OCC(=O)O. The van der Waals surface area contributed by atoms with Crippen molar-refractivity contribution in [3.63, 3.8) is 0 Å². The van der Waals surface area contributed by atoms with Gasteiger partial charge < -0.3 is 35.4 Å². The van der Waals surface area contributed by atoms with Gasteiger partial charge in [-0.15, -0.1) is 11.3 Å². The Morgan fingerprint density at radius 2 is 1.87 bits per heavy atom. The monoisotopic (exact) mass is 451 g/mol. The molecule has 12 heteroatoms. The van der Waals surface area contributed by atoms with Gasteiger partial charge in [0.25, 0.3) is 5.91 Å². The molecule has 1 aliphatic heterocycles. The van der Waals surface area contributed by atoms with Crippen molar-refractivity contribution in [3.8, 4) is 11.5 Å². The number of aliphatic hydroxyl groups excluding tert-OH is 1. The fraction of sp³-hybridized carbons (Fsp3) is 0.368. The van der Waals surface area contributed by atoms with Crippen LogP contribution in [0, 0.1) is 0 Å². The topological polar surface area (TPSA) is 167 Å². The molecular weight excluding hydrogens is 430 g/mol. The molecule has 11 nitrogen and oxygen atoms in total. The number of nitrogens with one attached hydrogen (secondary N) is 2. The van der Waals surface area contributed by atoms with Crippen LogP contribution >= 0.6 is 11.3 Å². The average Bonchev–Trinajstić information content (AvgIpc) is 3.19. The van der Waals surface area contributed by atoms with Crippen molar-refractivity contribution in [2.45, 2.75) is 19.1 Å². The fourth-order valence-corrected chi connectivity index (χ4v) is 3.84. The van der Waals surface area contributed by atoms with Crippen LogP contribution in [0.1, 0.15) is 32.0 Å². The van der Waals surface area contributed by atoms with Crippen LogP contribution in [0.4, 0.5) is 0 Å². The zero-order valence-electron chi connectivity index (χ0n) is 16.3. The molecule has 166 valence electrons. The van der Waals surface area contributed by atoms with Gasteiger partial charge in [0.2, 0.25) is 0 Å². The predicted octanol–water partition coefficient (Wildman–Crippen LogP) is 0.179. The van der Waals surface area contributed by atoms with E-state index in [2.05, 4.69) is 15.6 Å². The summed E-state index contributed by atoms with van der Waals surface area (Å²) in [5.74, 6) is -2.86. The largest absolute Gasteiger partial charge is 0.479 e. The first-order valence-corrected chi connectivity index (χ1v) is 10.1.